The normalized spacial score (nSPS) is 20.8. The summed E-state index contributed by atoms with van der Waals surface area (Å²) >= 11 is 0. The van der Waals surface area contributed by atoms with Crippen LogP contribution in [-0.4, -0.2) is 37.2 Å². The quantitative estimate of drug-likeness (QED) is 0.719. The van der Waals surface area contributed by atoms with Crippen molar-refractivity contribution in [3.05, 3.63) is 35.4 Å². The first-order valence-corrected chi connectivity index (χ1v) is 8.69. The summed E-state index contributed by atoms with van der Waals surface area (Å²) in [5.74, 6) is -2.05. The Hall–Kier alpha value is -2.06. The molecule has 0 saturated carbocycles. The molecule has 0 aliphatic carbocycles. The van der Waals surface area contributed by atoms with Crippen molar-refractivity contribution in [1.82, 2.24) is 16.0 Å². The van der Waals surface area contributed by atoms with Crippen molar-refractivity contribution >= 4 is 11.9 Å². The van der Waals surface area contributed by atoms with Crippen molar-refractivity contribution in [3.63, 3.8) is 0 Å². The maximum Gasteiger partial charge on any atom is 0.321 e. The minimum Gasteiger partial charge on any atom is -0.372 e. The van der Waals surface area contributed by atoms with E-state index in [0.29, 0.717) is 25.1 Å². The Labute approximate surface area is 151 Å². The molecule has 0 spiro atoms. The van der Waals surface area contributed by atoms with Gasteiger partial charge in [0.15, 0.2) is 11.6 Å². The van der Waals surface area contributed by atoms with Crippen LogP contribution in [0.1, 0.15) is 38.9 Å². The van der Waals surface area contributed by atoms with Crippen molar-refractivity contribution in [2.75, 3.05) is 13.2 Å². The van der Waals surface area contributed by atoms with Crippen LogP contribution in [-0.2, 0) is 9.53 Å². The number of nitrogens with one attached hydrogen (secondary N) is 3. The summed E-state index contributed by atoms with van der Waals surface area (Å²) < 4.78 is 32.2. The molecule has 2 rings (SSSR count). The van der Waals surface area contributed by atoms with Gasteiger partial charge in [0.05, 0.1) is 12.1 Å². The van der Waals surface area contributed by atoms with Gasteiger partial charge in [-0.25, -0.2) is 13.6 Å². The molecular formula is C18H25F2N3O3. The Morgan fingerprint density at radius 3 is 2.62 bits per heavy atom. The molecule has 8 heteroatoms. The number of amides is 3. The van der Waals surface area contributed by atoms with Gasteiger partial charge in [-0.05, 0) is 37.0 Å². The minimum atomic E-state index is -0.940. The highest BCUT2D eigenvalue weighted by molar-refractivity contribution is 5.96. The smallest absolute Gasteiger partial charge is 0.321 e. The van der Waals surface area contributed by atoms with Gasteiger partial charge in [0.25, 0.3) is 0 Å². The minimum absolute atomic E-state index is 0.251. The number of halogens is 2. The van der Waals surface area contributed by atoms with Gasteiger partial charge >= 0.3 is 6.03 Å². The third-order valence-corrected chi connectivity index (χ3v) is 4.13. The maximum absolute atomic E-state index is 13.5. The molecular weight excluding hydrogens is 344 g/mol. The molecule has 1 unspecified atom stereocenters. The molecule has 1 aromatic rings. The Morgan fingerprint density at radius 1 is 1.23 bits per heavy atom. The summed E-state index contributed by atoms with van der Waals surface area (Å²) in [6.45, 7) is 6.43. The molecule has 1 aliphatic heterocycles. The summed E-state index contributed by atoms with van der Waals surface area (Å²) in [4.78, 5) is 23.8. The molecule has 144 valence electrons. The fourth-order valence-electron chi connectivity index (χ4n) is 2.74. The molecule has 1 aromatic carbocycles. The number of ether oxygens (including phenoxy) is 1. The van der Waals surface area contributed by atoms with Crippen LogP contribution in [0.4, 0.5) is 13.6 Å². The Morgan fingerprint density at radius 2 is 1.96 bits per heavy atom. The van der Waals surface area contributed by atoms with E-state index in [1.165, 1.54) is 6.07 Å². The van der Waals surface area contributed by atoms with Crippen LogP contribution in [0.3, 0.4) is 0 Å². The SMILES string of the molecule is CC(C)CNC(=O)NC(=O)C(C)N[C@@H]1CCO[C@H]1c1ccc(F)c(F)c1. The average Bonchev–Trinajstić information content (AvgIpc) is 3.03. The van der Waals surface area contributed by atoms with Crippen molar-refractivity contribution < 1.29 is 23.1 Å². The van der Waals surface area contributed by atoms with E-state index in [4.69, 9.17) is 4.74 Å². The number of hydrogen-bond acceptors (Lipinski definition) is 4. The lowest BCUT2D eigenvalue weighted by atomic mass is 10.0. The predicted molar refractivity (Wildman–Crippen MR) is 92.4 cm³/mol. The highest BCUT2D eigenvalue weighted by atomic mass is 19.2. The summed E-state index contributed by atoms with van der Waals surface area (Å²) in [6, 6.07) is 2.17. The van der Waals surface area contributed by atoms with E-state index in [9.17, 15) is 18.4 Å². The Balaban J connectivity index is 1.92. The van der Waals surface area contributed by atoms with Crippen molar-refractivity contribution in [3.8, 4) is 0 Å². The van der Waals surface area contributed by atoms with E-state index in [2.05, 4.69) is 16.0 Å². The third kappa shape index (κ3) is 5.47. The molecule has 0 radical (unpaired) electrons. The highest BCUT2D eigenvalue weighted by Crippen LogP contribution is 2.30. The van der Waals surface area contributed by atoms with E-state index in [1.807, 2.05) is 13.8 Å². The van der Waals surface area contributed by atoms with Gasteiger partial charge in [-0.15, -0.1) is 0 Å². The molecule has 3 amide bonds. The number of rotatable bonds is 6. The zero-order valence-corrected chi connectivity index (χ0v) is 15.1. The molecule has 1 aliphatic rings. The standard InChI is InChI=1S/C18H25F2N3O3/c1-10(2)9-21-18(25)23-17(24)11(3)22-15-6-7-26-16(15)12-4-5-13(19)14(20)8-12/h4-5,8,10-11,15-16,22H,6-7,9H2,1-3H3,(H2,21,23,24,25)/t11?,15-,16+/m1/s1. The summed E-state index contributed by atoms with van der Waals surface area (Å²) in [5, 5.41) is 7.98. The van der Waals surface area contributed by atoms with Gasteiger partial charge in [-0.2, -0.15) is 0 Å². The molecule has 1 fully saturated rings. The molecule has 6 nitrogen and oxygen atoms in total. The molecule has 1 heterocycles. The molecule has 3 atom stereocenters. The highest BCUT2D eigenvalue weighted by Gasteiger charge is 2.32. The first kappa shape index (κ1) is 20.3. The van der Waals surface area contributed by atoms with Gasteiger partial charge in [-0.3, -0.25) is 10.1 Å². The van der Waals surface area contributed by atoms with E-state index >= 15 is 0 Å². The van der Waals surface area contributed by atoms with Gasteiger partial charge < -0.3 is 15.4 Å². The summed E-state index contributed by atoms with van der Waals surface area (Å²) in [7, 11) is 0. The van der Waals surface area contributed by atoms with Crippen LogP contribution < -0.4 is 16.0 Å². The van der Waals surface area contributed by atoms with Crippen LogP contribution in [0.25, 0.3) is 0 Å². The second-order valence-electron chi connectivity index (χ2n) is 6.84. The molecule has 1 saturated heterocycles. The Kier molecular flexibility index (Phi) is 7.05. The average molecular weight is 369 g/mol. The van der Waals surface area contributed by atoms with Crippen molar-refractivity contribution in [2.45, 2.75) is 45.4 Å². The van der Waals surface area contributed by atoms with Crippen LogP contribution >= 0.6 is 0 Å². The number of benzene rings is 1. The zero-order valence-electron chi connectivity index (χ0n) is 15.1. The number of carbonyl (C=O) groups excluding carboxylic acids is 2. The summed E-state index contributed by atoms with van der Waals surface area (Å²) in [6.07, 6.45) is 0.121. The van der Waals surface area contributed by atoms with Crippen LogP contribution in [0.15, 0.2) is 18.2 Å². The number of urea groups is 1. The lowest BCUT2D eigenvalue weighted by Gasteiger charge is -2.24. The largest absolute Gasteiger partial charge is 0.372 e. The van der Waals surface area contributed by atoms with Crippen LogP contribution in [0.2, 0.25) is 0 Å². The zero-order chi connectivity index (χ0) is 19.3. The lowest BCUT2D eigenvalue weighted by Crippen LogP contribution is -2.51. The molecule has 3 N–H and O–H groups in total. The van der Waals surface area contributed by atoms with Gasteiger partial charge in [0, 0.05) is 19.2 Å². The first-order chi connectivity index (χ1) is 12.3. The first-order valence-electron chi connectivity index (χ1n) is 8.69. The predicted octanol–water partition coefficient (Wildman–Crippen LogP) is 2.25. The number of hydrogen-bond donors (Lipinski definition) is 3. The van der Waals surface area contributed by atoms with Crippen LogP contribution in [0.5, 0.6) is 0 Å². The maximum atomic E-state index is 13.5. The van der Waals surface area contributed by atoms with Gasteiger partial charge in [0.1, 0.15) is 0 Å². The van der Waals surface area contributed by atoms with E-state index in [-0.39, 0.29) is 12.0 Å². The summed E-state index contributed by atoms with van der Waals surface area (Å²) in [5.41, 5.74) is 0.501. The van der Waals surface area contributed by atoms with E-state index in [0.717, 1.165) is 12.1 Å². The van der Waals surface area contributed by atoms with Gasteiger partial charge in [-0.1, -0.05) is 19.9 Å². The van der Waals surface area contributed by atoms with Gasteiger partial charge in [0.2, 0.25) is 5.91 Å². The molecule has 0 aromatic heterocycles. The molecule has 26 heavy (non-hydrogen) atoms. The van der Waals surface area contributed by atoms with Crippen molar-refractivity contribution in [2.24, 2.45) is 5.92 Å². The van der Waals surface area contributed by atoms with Crippen LogP contribution in [0, 0.1) is 17.6 Å². The fourth-order valence-corrected chi connectivity index (χ4v) is 2.74. The van der Waals surface area contributed by atoms with Crippen molar-refractivity contribution in [1.29, 1.82) is 0 Å². The Bertz CT molecular complexity index is 655. The lowest BCUT2D eigenvalue weighted by molar-refractivity contribution is -0.121. The van der Waals surface area contributed by atoms with E-state index in [1.54, 1.807) is 6.92 Å². The second kappa shape index (κ2) is 9.05. The molecule has 0 bridgehead atoms. The second-order valence-corrected chi connectivity index (χ2v) is 6.84. The van der Waals surface area contributed by atoms with E-state index < -0.39 is 35.7 Å². The number of imide groups is 1. The monoisotopic (exact) mass is 369 g/mol. The number of carbonyl (C=O) groups is 2. The topological polar surface area (TPSA) is 79.5 Å². The fraction of sp³-hybridized carbons (Fsp3) is 0.556. The third-order valence-electron chi connectivity index (χ3n) is 4.13.